The number of aromatic nitrogens is 1. The lowest BCUT2D eigenvalue weighted by molar-refractivity contribution is -0.0346. The number of hydrogen-bond acceptors (Lipinski definition) is 5. The lowest BCUT2D eigenvalue weighted by Gasteiger charge is -2.38. The number of nitrogens with zero attached hydrogens (tertiary/aromatic N) is 2. The van der Waals surface area contributed by atoms with E-state index in [9.17, 15) is 8.42 Å². The van der Waals surface area contributed by atoms with Crippen LogP contribution in [0.3, 0.4) is 0 Å². The second-order valence-electron chi connectivity index (χ2n) is 5.69. The highest BCUT2D eigenvalue weighted by atomic mass is 32.2. The molecule has 21 heavy (non-hydrogen) atoms. The molecule has 2 aliphatic rings. The van der Waals surface area contributed by atoms with E-state index in [0.717, 1.165) is 19.3 Å². The molecule has 1 spiro atoms. The molecule has 3 heterocycles. The van der Waals surface area contributed by atoms with E-state index in [1.54, 1.807) is 25.4 Å². The third kappa shape index (κ3) is 2.83. The fourth-order valence-electron chi connectivity index (χ4n) is 3.15. The molecular formula is C14H20N2O4S. The van der Waals surface area contributed by atoms with Gasteiger partial charge in [-0.15, -0.1) is 0 Å². The number of piperidine rings is 1. The summed E-state index contributed by atoms with van der Waals surface area (Å²) in [4.78, 5) is 4.14. The lowest BCUT2D eigenvalue weighted by atomic mass is 9.90. The number of ether oxygens (including phenoxy) is 2. The molecule has 7 heteroatoms. The number of hydrogen-bond donors (Lipinski definition) is 0. The first-order valence-electron chi connectivity index (χ1n) is 7.13. The third-order valence-electron chi connectivity index (χ3n) is 4.29. The Kier molecular flexibility index (Phi) is 4.00. The number of pyridine rings is 1. The summed E-state index contributed by atoms with van der Waals surface area (Å²) in [6, 6.07) is 3.22. The van der Waals surface area contributed by atoms with E-state index in [4.69, 9.17) is 9.47 Å². The Hall–Kier alpha value is -1.02. The van der Waals surface area contributed by atoms with Crippen LogP contribution >= 0.6 is 0 Å². The summed E-state index contributed by atoms with van der Waals surface area (Å²) in [5.74, 6) is 0. The molecule has 0 aromatic carbocycles. The highest BCUT2D eigenvalue weighted by molar-refractivity contribution is 7.89. The first-order chi connectivity index (χ1) is 10.1. The summed E-state index contributed by atoms with van der Waals surface area (Å²) in [6.45, 7) is 1.46. The predicted molar refractivity (Wildman–Crippen MR) is 76.3 cm³/mol. The van der Waals surface area contributed by atoms with E-state index >= 15 is 0 Å². The number of methoxy groups -OCH3 is 1. The molecule has 2 saturated heterocycles. The minimum Gasteiger partial charge on any atom is -0.379 e. The predicted octanol–water partition coefficient (Wildman–Crippen LogP) is 1.04. The van der Waals surface area contributed by atoms with E-state index in [-0.39, 0.29) is 11.0 Å². The molecule has 0 bridgehead atoms. The monoisotopic (exact) mass is 312 g/mol. The standard InChI is InChI=1S/C14H20N2O4S/c1-19-12-8-14(20-10-12)5-3-7-16(11-14)21(17,18)13-4-2-6-15-9-13/h2,4,6,9,12H,3,5,7-8,10-11H2,1H3/t12-,14+/m0/s1. The van der Waals surface area contributed by atoms with Gasteiger partial charge in [-0.25, -0.2) is 8.42 Å². The fraction of sp³-hybridized carbons (Fsp3) is 0.643. The molecule has 0 amide bonds. The summed E-state index contributed by atoms with van der Waals surface area (Å²) in [7, 11) is -1.83. The van der Waals surface area contributed by atoms with Crippen LogP contribution in [0.5, 0.6) is 0 Å². The van der Waals surface area contributed by atoms with Crippen molar-refractivity contribution in [2.45, 2.75) is 35.9 Å². The van der Waals surface area contributed by atoms with Gasteiger partial charge in [0.1, 0.15) is 4.90 Å². The Bertz CT molecular complexity index is 592. The van der Waals surface area contributed by atoms with Crippen molar-refractivity contribution in [1.82, 2.24) is 9.29 Å². The minimum atomic E-state index is -3.50. The summed E-state index contributed by atoms with van der Waals surface area (Å²) in [5, 5.41) is 0. The van der Waals surface area contributed by atoms with Crippen molar-refractivity contribution in [2.75, 3.05) is 26.8 Å². The van der Waals surface area contributed by atoms with E-state index in [1.165, 1.54) is 10.5 Å². The highest BCUT2D eigenvalue weighted by Gasteiger charge is 2.46. The number of rotatable bonds is 3. The summed E-state index contributed by atoms with van der Waals surface area (Å²) in [5.41, 5.74) is -0.395. The topological polar surface area (TPSA) is 68.7 Å². The van der Waals surface area contributed by atoms with Crippen molar-refractivity contribution in [3.05, 3.63) is 24.5 Å². The average molecular weight is 312 g/mol. The van der Waals surface area contributed by atoms with Gasteiger partial charge in [0.05, 0.1) is 18.3 Å². The maximum absolute atomic E-state index is 12.7. The maximum atomic E-state index is 12.7. The Morgan fingerprint density at radius 3 is 3.05 bits per heavy atom. The third-order valence-corrected chi connectivity index (χ3v) is 6.11. The van der Waals surface area contributed by atoms with E-state index in [2.05, 4.69) is 4.98 Å². The van der Waals surface area contributed by atoms with Crippen LogP contribution in [0.2, 0.25) is 0 Å². The van der Waals surface area contributed by atoms with Crippen molar-refractivity contribution in [3.63, 3.8) is 0 Å². The zero-order chi connectivity index (χ0) is 14.9. The van der Waals surface area contributed by atoms with Crippen LogP contribution in [0.4, 0.5) is 0 Å². The quantitative estimate of drug-likeness (QED) is 0.834. The second kappa shape index (κ2) is 5.64. The van der Waals surface area contributed by atoms with Crippen LogP contribution in [0.25, 0.3) is 0 Å². The maximum Gasteiger partial charge on any atom is 0.244 e. The average Bonchev–Trinajstić information content (AvgIpc) is 2.91. The Morgan fingerprint density at radius 1 is 1.52 bits per heavy atom. The van der Waals surface area contributed by atoms with Crippen molar-refractivity contribution < 1.29 is 17.9 Å². The van der Waals surface area contributed by atoms with Crippen molar-refractivity contribution in [1.29, 1.82) is 0 Å². The molecule has 1 aromatic rings. The lowest BCUT2D eigenvalue weighted by Crippen LogP contribution is -2.50. The largest absolute Gasteiger partial charge is 0.379 e. The highest BCUT2D eigenvalue weighted by Crippen LogP contribution is 2.37. The van der Waals surface area contributed by atoms with Crippen LogP contribution in [0, 0.1) is 0 Å². The Morgan fingerprint density at radius 2 is 2.38 bits per heavy atom. The van der Waals surface area contributed by atoms with Crippen LogP contribution in [0.1, 0.15) is 19.3 Å². The molecule has 2 aliphatic heterocycles. The van der Waals surface area contributed by atoms with Crippen LogP contribution in [-0.4, -0.2) is 56.2 Å². The first-order valence-corrected chi connectivity index (χ1v) is 8.57. The number of sulfonamides is 1. The fourth-order valence-corrected chi connectivity index (χ4v) is 4.67. The van der Waals surface area contributed by atoms with E-state index in [1.807, 2.05) is 0 Å². The van der Waals surface area contributed by atoms with Crippen LogP contribution in [-0.2, 0) is 19.5 Å². The van der Waals surface area contributed by atoms with E-state index in [0.29, 0.717) is 19.7 Å². The van der Waals surface area contributed by atoms with Crippen molar-refractivity contribution in [3.8, 4) is 0 Å². The van der Waals surface area contributed by atoms with Gasteiger partial charge in [0.25, 0.3) is 0 Å². The zero-order valence-corrected chi connectivity index (χ0v) is 12.9. The molecule has 0 radical (unpaired) electrons. The molecule has 116 valence electrons. The van der Waals surface area contributed by atoms with Crippen molar-refractivity contribution >= 4 is 10.0 Å². The smallest absolute Gasteiger partial charge is 0.244 e. The van der Waals surface area contributed by atoms with Gasteiger partial charge in [0.2, 0.25) is 10.0 Å². The van der Waals surface area contributed by atoms with Gasteiger partial charge in [-0.3, -0.25) is 4.98 Å². The summed E-state index contributed by atoms with van der Waals surface area (Å²) < 4.78 is 38.1. The van der Waals surface area contributed by atoms with Gasteiger partial charge in [-0.2, -0.15) is 4.31 Å². The van der Waals surface area contributed by atoms with Crippen LogP contribution in [0.15, 0.2) is 29.4 Å². The molecule has 0 unspecified atom stereocenters. The summed E-state index contributed by atoms with van der Waals surface area (Å²) >= 11 is 0. The van der Waals surface area contributed by atoms with Gasteiger partial charge in [0.15, 0.2) is 0 Å². The molecule has 0 aliphatic carbocycles. The molecule has 0 N–H and O–H groups in total. The van der Waals surface area contributed by atoms with Gasteiger partial charge in [-0.1, -0.05) is 0 Å². The van der Waals surface area contributed by atoms with Gasteiger partial charge in [-0.05, 0) is 25.0 Å². The SMILES string of the molecule is CO[C@@H]1CO[C@]2(CCCN(S(=O)(=O)c3cccnc3)C2)C1. The molecule has 3 rings (SSSR count). The van der Waals surface area contributed by atoms with E-state index < -0.39 is 15.6 Å². The summed E-state index contributed by atoms with van der Waals surface area (Å²) in [6.07, 6.45) is 5.46. The first kappa shape index (κ1) is 14.9. The molecule has 0 saturated carbocycles. The van der Waals surface area contributed by atoms with Gasteiger partial charge >= 0.3 is 0 Å². The Balaban J connectivity index is 1.81. The van der Waals surface area contributed by atoms with Crippen LogP contribution < -0.4 is 0 Å². The molecule has 1 aromatic heterocycles. The normalized spacial score (nSPS) is 30.8. The zero-order valence-electron chi connectivity index (χ0n) is 12.1. The van der Waals surface area contributed by atoms with Crippen molar-refractivity contribution in [2.24, 2.45) is 0 Å². The van der Waals surface area contributed by atoms with Gasteiger partial charge in [0, 0.05) is 39.0 Å². The minimum absolute atomic E-state index is 0.0612. The van der Waals surface area contributed by atoms with Gasteiger partial charge < -0.3 is 9.47 Å². The molecule has 6 nitrogen and oxygen atoms in total. The second-order valence-corrected chi connectivity index (χ2v) is 7.62. The molecule has 2 atom stereocenters. The molecular weight excluding hydrogens is 292 g/mol. The Labute approximate surface area is 125 Å². The molecule has 2 fully saturated rings.